The highest BCUT2D eigenvalue weighted by Gasteiger charge is 2.27. The Morgan fingerprint density at radius 1 is 1.26 bits per heavy atom. The van der Waals surface area contributed by atoms with Gasteiger partial charge in [-0.3, -0.25) is 4.79 Å². The van der Waals surface area contributed by atoms with E-state index in [2.05, 4.69) is 34.4 Å². The highest BCUT2D eigenvalue weighted by molar-refractivity contribution is 5.92. The molecule has 23 heavy (non-hydrogen) atoms. The van der Waals surface area contributed by atoms with Gasteiger partial charge >= 0.3 is 0 Å². The molecule has 2 fully saturated rings. The Labute approximate surface area is 138 Å². The number of hydrogen-bond acceptors (Lipinski definition) is 4. The third kappa shape index (κ3) is 4.31. The second-order valence-electron chi connectivity index (χ2n) is 7.05. The van der Waals surface area contributed by atoms with E-state index in [0.29, 0.717) is 17.8 Å². The Morgan fingerprint density at radius 3 is 2.57 bits per heavy atom. The van der Waals surface area contributed by atoms with Crippen LogP contribution >= 0.6 is 0 Å². The van der Waals surface area contributed by atoms with Crippen molar-refractivity contribution in [1.82, 2.24) is 25.2 Å². The van der Waals surface area contributed by atoms with Gasteiger partial charge in [-0.2, -0.15) is 0 Å². The van der Waals surface area contributed by atoms with Crippen LogP contribution in [0.15, 0.2) is 6.20 Å². The normalized spacial score (nSPS) is 20.1. The minimum absolute atomic E-state index is 0.0788. The number of nitrogens with zero attached hydrogens (tertiary/aromatic N) is 4. The fourth-order valence-electron chi connectivity index (χ4n) is 3.32. The van der Waals surface area contributed by atoms with Gasteiger partial charge in [0.1, 0.15) is 0 Å². The number of rotatable bonds is 7. The smallest absolute Gasteiger partial charge is 0.273 e. The summed E-state index contributed by atoms with van der Waals surface area (Å²) >= 11 is 0. The van der Waals surface area contributed by atoms with Gasteiger partial charge in [-0.05, 0) is 31.6 Å². The largest absolute Gasteiger partial charge is 0.348 e. The molecule has 2 heterocycles. The zero-order chi connectivity index (χ0) is 16.2. The molecule has 6 heteroatoms. The van der Waals surface area contributed by atoms with Crippen LogP contribution in [0.1, 0.15) is 68.9 Å². The highest BCUT2D eigenvalue weighted by atomic mass is 16.2. The van der Waals surface area contributed by atoms with Crippen molar-refractivity contribution in [1.29, 1.82) is 0 Å². The van der Waals surface area contributed by atoms with E-state index in [1.807, 2.05) is 10.9 Å². The fraction of sp³-hybridized carbons (Fsp3) is 0.824. The van der Waals surface area contributed by atoms with Gasteiger partial charge in [0.2, 0.25) is 0 Å². The summed E-state index contributed by atoms with van der Waals surface area (Å²) in [6, 6.07) is 0.740. The van der Waals surface area contributed by atoms with Gasteiger partial charge in [-0.25, -0.2) is 4.68 Å². The van der Waals surface area contributed by atoms with E-state index in [-0.39, 0.29) is 5.91 Å². The summed E-state index contributed by atoms with van der Waals surface area (Å²) in [6.45, 7) is 8.01. The number of aromatic nitrogens is 3. The molecule has 2 aliphatic rings. The molecule has 128 valence electrons. The number of likely N-dealkylation sites (tertiary alicyclic amines) is 1. The molecule has 0 radical (unpaired) electrons. The average Bonchev–Trinajstić information content (AvgIpc) is 3.25. The van der Waals surface area contributed by atoms with Crippen LogP contribution in [0.5, 0.6) is 0 Å². The van der Waals surface area contributed by atoms with Gasteiger partial charge in [0.15, 0.2) is 5.69 Å². The quantitative estimate of drug-likeness (QED) is 0.837. The Morgan fingerprint density at radius 2 is 1.96 bits per heavy atom. The van der Waals surface area contributed by atoms with Crippen LogP contribution in [0.3, 0.4) is 0 Å². The summed E-state index contributed by atoms with van der Waals surface area (Å²) in [4.78, 5) is 14.6. The first-order valence-electron chi connectivity index (χ1n) is 9.14. The first-order chi connectivity index (χ1) is 11.2. The minimum atomic E-state index is -0.0788. The molecule has 1 aromatic heterocycles. The van der Waals surface area contributed by atoms with Crippen LogP contribution in [-0.4, -0.2) is 51.5 Å². The third-order valence-electron chi connectivity index (χ3n) is 5.26. The number of carbonyl (C=O) groups excluding carboxylic acids is 1. The zero-order valence-corrected chi connectivity index (χ0v) is 14.4. The predicted octanol–water partition coefficient (Wildman–Crippen LogP) is 2.24. The van der Waals surface area contributed by atoms with Crippen molar-refractivity contribution >= 4 is 5.91 Å². The van der Waals surface area contributed by atoms with Crippen molar-refractivity contribution in [2.45, 2.75) is 64.5 Å². The van der Waals surface area contributed by atoms with Crippen molar-refractivity contribution in [2.75, 3.05) is 19.6 Å². The number of nitrogens with one attached hydrogen (secondary N) is 1. The Kier molecular flexibility index (Phi) is 5.30. The van der Waals surface area contributed by atoms with Gasteiger partial charge in [0, 0.05) is 25.7 Å². The van der Waals surface area contributed by atoms with E-state index in [4.69, 9.17) is 0 Å². The molecule has 0 bridgehead atoms. The Bertz CT molecular complexity index is 513. The monoisotopic (exact) mass is 319 g/mol. The molecule has 1 saturated heterocycles. The van der Waals surface area contributed by atoms with Crippen LogP contribution in [-0.2, 0) is 0 Å². The lowest BCUT2D eigenvalue weighted by Crippen LogP contribution is -2.37. The molecule has 1 amide bonds. The second kappa shape index (κ2) is 7.43. The van der Waals surface area contributed by atoms with Crippen molar-refractivity contribution < 1.29 is 4.79 Å². The molecule has 0 unspecified atom stereocenters. The van der Waals surface area contributed by atoms with Crippen LogP contribution in [0.2, 0.25) is 0 Å². The third-order valence-corrected chi connectivity index (χ3v) is 5.26. The lowest BCUT2D eigenvalue weighted by atomic mass is 9.99. The van der Waals surface area contributed by atoms with E-state index in [1.165, 1.54) is 19.4 Å². The topological polar surface area (TPSA) is 63.1 Å². The summed E-state index contributed by atoms with van der Waals surface area (Å²) in [5.41, 5.74) is 0.455. The maximum absolute atomic E-state index is 12.0. The summed E-state index contributed by atoms with van der Waals surface area (Å²) in [6.07, 6.45) is 8.71. The van der Waals surface area contributed by atoms with Crippen LogP contribution in [0, 0.1) is 5.92 Å². The number of piperidine rings is 1. The SMILES string of the molecule is CCC(CC)CN1CCC(n2cc(C(=O)NC3CC3)nn2)CC1. The summed E-state index contributed by atoms with van der Waals surface area (Å²) in [5, 5.41) is 11.2. The maximum Gasteiger partial charge on any atom is 0.273 e. The lowest BCUT2D eigenvalue weighted by Gasteiger charge is -2.33. The van der Waals surface area contributed by atoms with Crippen molar-refractivity contribution in [3.05, 3.63) is 11.9 Å². The molecular formula is C17H29N5O. The van der Waals surface area contributed by atoms with Gasteiger partial charge < -0.3 is 10.2 Å². The fourth-order valence-corrected chi connectivity index (χ4v) is 3.32. The number of amides is 1. The van der Waals surface area contributed by atoms with Crippen molar-refractivity contribution in [2.24, 2.45) is 5.92 Å². The van der Waals surface area contributed by atoms with E-state index >= 15 is 0 Å². The molecular weight excluding hydrogens is 290 g/mol. The summed E-state index contributed by atoms with van der Waals surface area (Å²) in [5.74, 6) is 0.737. The summed E-state index contributed by atoms with van der Waals surface area (Å²) in [7, 11) is 0. The molecule has 0 atom stereocenters. The van der Waals surface area contributed by atoms with Crippen LogP contribution < -0.4 is 5.32 Å². The highest BCUT2D eigenvalue weighted by Crippen LogP contribution is 2.24. The lowest BCUT2D eigenvalue weighted by molar-refractivity contribution is 0.0946. The molecule has 0 aromatic carbocycles. The molecule has 1 aromatic rings. The van der Waals surface area contributed by atoms with Crippen LogP contribution in [0.4, 0.5) is 0 Å². The van der Waals surface area contributed by atoms with Gasteiger partial charge in [0.25, 0.3) is 5.91 Å². The Hall–Kier alpha value is -1.43. The molecule has 1 saturated carbocycles. The number of hydrogen-bond donors (Lipinski definition) is 1. The molecule has 3 rings (SSSR count). The van der Waals surface area contributed by atoms with E-state index in [0.717, 1.165) is 44.7 Å². The minimum Gasteiger partial charge on any atom is -0.348 e. The molecule has 6 nitrogen and oxygen atoms in total. The molecule has 1 N–H and O–H groups in total. The van der Waals surface area contributed by atoms with E-state index in [9.17, 15) is 4.79 Å². The molecule has 1 aliphatic heterocycles. The van der Waals surface area contributed by atoms with Crippen LogP contribution in [0.25, 0.3) is 0 Å². The van der Waals surface area contributed by atoms with Gasteiger partial charge in [-0.1, -0.05) is 31.9 Å². The molecule has 0 spiro atoms. The van der Waals surface area contributed by atoms with E-state index < -0.39 is 0 Å². The van der Waals surface area contributed by atoms with Crippen molar-refractivity contribution in [3.63, 3.8) is 0 Å². The standard InChI is InChI=1S/C17H29N5O/c1-3-13(4-2)11-21-9-7-15(8-10-21)22-12-16(19-20-22)17(23)18-14-5-6-14/h12-15H,3-11H2,1-2H3,(H,18,23). The average molecular weight is 319 g/mol. The first-order valence-corrected chi connectivity index (χ1v) is 9.14. The van der Waals surface area contributed by atoms with Gasteiger partial charge in [0.05, 0.1) is 12.2 Å². The predicted molar refractivity (Wildman–Crippen MR) is 89.3 cm³/mol. The number of carbonyl (C=O) groups is 1. The van der Waals surface area contributed by atoms with Gasteiger partial charge in [-0.15, -0.1) is 5.10 Å². The first kappa shape index (κ1) is 16.4. The molecule has 1 aliphatic carbocycles. The zero-order valence-electron chi connectivity index (χ0n) is 14.4. The van der Waals surface area contributed by atoms with E-state index in [1.54, 1.807) is 0 Å². The summed E-state index contributed by atoms with van der Waals surface area (Å²) < 4.78 is 1.90. The second-order valence-corrected chi connectivity index (χ2v) is 7.05. The maximum atomic E-state index is 12.0. The Balaban J connectivity index is 1.49. The van der Waals surface area contributed by atoms with Crippen molar-refractivity contribution in [3.8, 4) is 0 Å².